The van der Waals surface area contributed by atoms with E-state index in [1.807, 2.05) is 0 Å². The molecule has 2 aromatic rings. The van der Waals surface area contributed by atoms with Gasteiger partial charge in [0.25, 0.3) is 0 Å². The van der Waals surface area contributed by atoms with E-state index in [2.05, 4.69) is 0 Å². The Bertz CT molecular complexity index is 602. The zero-order valence-electron chi connectivity index (χ0n) is 9.68. The summed E-state index contributed by atoms with van der Waals surface area (Å²) >= 11 is 1.40. The molecule has 0 aliphatic rings. The molecule has 2 aromatic carbocycles. The molecule has 0 fully saturated rings. The summed E-state index contributed by atoms with van der Waals surface area (Å²) in [4.78, 5) is 10.6. The lowest BCUT2D eigenvalue weighted by Gasteiger charge is -2.02. The molecule has 0 saturated heterocycles. The van der Waals surface area contributed by atoms with Gasteiger partial charge < -0.3 is 0 Å². The highest BCUT2D eigenvalue weighted by molar-refractivity contribution is 7.98. The predicted molar refractivity (Wildman–Crippen MR) is 69.0 cm³/mol. The quantitative estimate of drug-likeness (QED) is 0.480. The molecule has 0 aliphatic carbocycles. The molecular formula is C13H9F2NO2S. The van der Waals surface area contributed by atoms with Crippen LogP contribution in [0.1, 0.15) is 5.56 Å². The third-order valence-corrected chi connectivity index (χ3v) is 3.51. The summed E-state index contributed by atoms with van der Waals surface area (Å²) in [6.45, 7) is 0. The molecule has 0 amide bonds. The minimum absolute atomic E-state index is 0.314. The van der Waals surface area contributed by atoms with Crippen LogP contribution in [0.15, 0.2) is 47.4 Å². The highest BCUT2D eigenvalue weighted by atomic mass is 32.2. The Hall–Kier alpha value is -1.95. The van der Waals surface area contributed by atoms with Gasteiger partial charge in [0.1, 0.15) is 5.82 Å². The van der Waals surface area contributed by atoms with E-state index >= 15 is 0 Å². The Balaban J connectivity index is 2.06. The van der Waals surface area contributed by atoms with Crippen LogP contribution < -0.4 is 0 Å². The number of thioether (sulfide) groups is 1. The number of rotatable bonds is 4. The molecule has 98 valence electrons. The van der Waals surface area contributed by atoms with Crippen LogP contribution in [0.3, 0.4) is 0 Å². The summed E-state index contributed by atoms with van der Waals surface area (Å²) in [5, 5.41) is 10.5. The third kappa shape index (κ3) is 3.51. The molecule has 0 heterocycles. The number of halogens is 2. The van der Waals surface area contributed by atoms with Crippen molar-refractivity contribution in [2.24, 2.45) is 0 Å². The van der Waals surface area contributed by atoms with E-state index in [4.69, 9.17) is 0 Å². The summed E-state index contributed by atoms with van der Waals surface area (Å²) in [5.41, 5.74) is 0.105. The molecule has 3 nitrogen and oxygen atoms in total. The number of nitro groups is 1. The van der Waals surface area contributed by atoms with Crippen molar-refractivity contribution in [2.75, 3.05) is 0 Å². The third-order valence-electron chi connectivity index (χ3n) is 2.43. The SMILES string of the molecule is O=[N+]([O-])c1ccc(CSc2ccc(F)cc2)cc1F. The van der Waals surface area contributed by atoms with E-state index in [9.17, 15) is 18.9 Å². The maximum Gasteiger partial charge on any atom is 0.304 e. The summed E-state index contributed by atoms with van der Waals surface area (Å²) in [5.74, 6) is -0.700. The number of nitrogens with zero attached hydrogens (tertiary/aromatic N) is 1. The lowest BCUT2D eigenvalue weighted by molar-refractivity contribution is -0.387. The van der Waals surface area contributed by atoms with Crippen LogP contribution in [0.4, 0.5) is 14.5 Å². The summed E-state index contributed by atoms with van der Waals surface area (Å²) in [6, 6.07) is 9.75. The zero-order chi connectivity index (χ0) is 13.8. The topological polar surface area (TPSA) is 43.1 Å². The molecule has 2 rings (SSSR count). The van der Waals surface area contributed by atoms with Crippen LogP contribution in [0.2, 0.25) is 0 Å². The minimum Gasteiger partial charge on any atom is -0.258 e. The van der Waals surface area contributed by atoms with Crippen molar-refractivity contribution in [3.05, 3.63) is 69.8 Å². The van der Waals surface area contributed by atoms with Gasteiger partial charge in [-0.15, -0.1) is 11.8 Å². The molecule has 0 saturated carbocycles. The van der Waals surface area contributed by atoms with Crippen molar-refractivity contribution in [2.45, 2.75) is 10.6 Å². The molecule has 6 heteroatoms. The molecule has 0 bridgehead atoms. The number of hydrogen-bond acceptors (Lipinski definition) is 3. The van der Waals surface area contributed by atoms with Gasteiger partial charge in [0, 0.05) is 16.7 Å². The van der Waals surface area contributed by atoms with Crippen LogP contribution in [0.5, 0.6) is 0 Å². The predicted octanol–water partition coefficient (Wildman–Crippen LogP) is 4.17. The molecule has 0 aliphatic heterocycles. The first-order valence-electron chi connectivity index (χ1n) is 5.37. The Morgan fingerprint density at radius 3 is 2.37 bits per heavy atom. The number of hydrogen-bond donors (Lipinski definition) is 0. The fourth-order valence-corrected chi connectivity index (χ4v) is 2.33. The molecule has 0 N–H and O–H groups in total. The van der Waals surface area contributed by atoms with Crippen LogP contribution in [-0.4, -0.2) is 4.92 Å². The maximum atomic E-state index is 13.4. The van der Waals surface area contributed by atoms with Gasteiger partial charge in [0.05, 0.1) is 4.92 Å². The first-order valence-corrected chi connectivity index (χ1v) is 6.36. The van der Waals surface area contributed by atoms with Gasteiger partial charge in [-0.3, -0.25) is 10.1 Å². The van der Waals surface area contributed by atoms with E-state index < -0.39 is 16.4 Å². The smallest absolute Gasteiger partial charge is 0.258 e. The van der Waals surface area contributed by atoms with Crippen molar-refractivity contribution in [1.82, 2.24) is 0 Å². The van der Waals surface area contributed by atoms with Crippen molar-refractivity contribution in [1.29, 1.82) is 0 Å². The van der Waals surface area contributed by atoms with Gasteiger partial charge >= 0.3 is 5.69 Å². The highest BCUT2D eigenvalue weighted by Crippen LogP contribution is 2.25. The lowest BCUT2D eigenvalue weighted by atomic mass is 10.2. The average Bonchev–Trinajstić information content (AvgIpc) is 2.37. The normalized spacial score (nSPS) is 10.4. The maximum absolute atomic E-state index is 13.4. The summed E-state index contributed by atoms with van der Waals surface area (Å²) in [7, 11) is 0. The largest absolute Gasteiger partial charge is 0.304 e. The molecule has 0 atom stereocenters. The zero-order valence-corrected chi connectivity index (χ0v) is 10.5. The van der Waals surface area contributed by atoms with Gasteiger partial charge in [-0.2, -0.15) is 4.39 Å². The van der Waals surface area contributed by atoms with Crippen molar-refractivity contribution >= 4 is 17.4 Å². The number of nitro benzene ring substituents is 1. The fourth-order valence-electron chi connectivity index (χ4n) is 1.49. The Morgan fingerprint density at radius 1 is 1.11 bits per heavy atom. The summed E-state index contributed by atoms with van der Waals surface area (Å²) in [6.07, 6.45) is 0. The molecule has 19 heavy (non-hydrogen) atoms. The van der Waals surface area contributed by atoms with E-state index in [1.54, 1.807) is 12.1 Å². The number of benzene rings is 2. The standard InChI is InChI=1S/C13H9F2NO2S/c14-10-2-4-11(5-3-10)19-8-9-1-6-13(16(17)18)12(15)7-9/h1-7H,8H2. The Kier molecular flexibility index (Phi) is 4.11. The second-order valence-corrected chi connectivity index (χ2v) is 4.83. The van der Waals surface area contributed by atoms with Gasteiger partial charge in [0.2, 0.25) is 5.82 Å². The first kappa shape index (κ1) is 13.5. The fraction of sp³-hybridized carbons (Fsp3) is 0.0769. The van der Waals surface area contributed by atoms with Crippen LogP contribution in [0, 0.1) is 21.7 Å². The second kappa shape index (κ2) is 5.79. The van der Waals surface area contributed by atoms with Crippen molar-refractivity contribution < 1.29 is 13.7 Å². The molecular weight excluding hydrogens is 272 g/mol. The first-order chi connectivity index (χ1) is 9.06. The van der Waals surface area contributed by atoms with Gasteiger partial charge in [0.15, 0.2) is 0 Å². The Morgan fingerprint density at radius 2 is 1.79 bits per heavy atom. The molecule has 0 spiro atoms. The molecule has 0 unspecified atom stereocenters. The van der Waals surface area contributed by atoms with Gasteiger partial charge in [-0.05, 0) is 35.9 Å². The molecule has 0 radical (unpaired) electrons. The van der Waals surface area contributed by atoms with Crippen molar-refractivity contribution in [3.8, 4) is 0 Å². The second-order valence-electron chi connectivity index (χ2n) is 3.79. The van der Waals surface area contributed by atoms with E-state index in [1.165, 1.54) is 30.0 Å². The van der Waals surface area contributed by atoms with E-state index in [0.29, 0.717) is 11.3 Å². The minimum atomic E-state index is -0.845. The van der Waals surface area contributed by atoms with Gasteiger partial charge in [-0.25, -0.2) is 4.39 Å². The van der Waals surface area contributed by atoms with E-state index in [0.717, 1.165) is 17.0 Å². The molecule has 0 aromatic heterocycles. The lowest BCUT2D eigenvalue weighted by Crippen LogP contribution is -1.93. The summed E-state index contributed by atoms with van der Waals surface area (Å²) < 4.78 is 26.1. The van der Waals surface area contributed by atoms with Gasteiger partial charge in [-0.1, -0.05) is 6.07 Å². The van der Waals surface area contributed by atoms with Crippen molar-refractivity contribution in [3.63, 3.8) is 0 Å². The van der Waals surface area contributed by atoms with Crippen LogP contribution in [0.25, 0.3) is 0 Å². The monoisotopic (exact) mass is 281 g/mol. The average molecular weight is 281 g/mol. The van der Waals surface area contributed by atoms with Crippen LogP contribution in [-0.2, 0) is 5.75 Å². The van der Waals surface area contributed by atoms with Crippen LogP contribution >= 0.6 is 11.8 Å². The Labute approximate surface area is 112 Å². The highest BCUT2D eigenvalue weighted by Gasteiger charge is 2.13. The van der Waals surface area contributed by atoms with E-state index in [-0.39, 0.29) is 5.82 Å².